The number of carbonyl (C=O) groups is 5. The van der Waals surface area contributed by atoms with Crippen LogP contribution < -0.4 is 0 Å². The second-order valence-electron chi connectivity index (χ2n) is 8.16. The van der Waals surface area contributed by atoms with Gasteiger partial charge in [-0.25, -0.2) is 4.39 Å². The molecule has 0 N–H and O–H groups in total. The molecule has 11 nitrogen and oxygen atoms in total. The van der Waals surface area contributed by atoms with Crippen LogP contribution in [0.1, 0.15) is 33.3 Å². The molecule has 2 aliphatic rings. The van der Waals surface area contributed by atoms with E-state index in [1.165, 1.54) is 24.3 Å². The Morgan fingerprint density at radius 3 is 2.13 bits per heavy atom. The lowest BCUT2D eigenvalue weighted by atomic mass is 9.96. The number of thiocarbonyl (C=S) groups is 1. The van der Waals surface area contributed by atoms with Gasteiger partial charge in [-0.05, 0) is 12.1 Å². The van der Waals surface area contributed by atoms with Gasteiger partial charge in [-0.1, -0.05) is 42.2 Å². The number of esters is 4. The van der Waals surface area contributed by atoms with E-state index in [0.29, 0.717) is 0 Å². The fraction of sp³-hybridized carbons (Fsp3) is 0.417. The molecule has 1 aromatic rings. The molecule has 0 spiro atoms. The van der Waals surface area contributed by atoms with Gasteiger partial charge in [0.15, 0.2) is 28.9 Å². The number of carbonyl (C=O) groups excluding carboxylic acids is 5. The largest absolute Gasteiger partial charge is 0.463 e. The van der Waals surface area contributed by atoms with E-state index in [4.69, 9.17) is 35.9 Å². The Hall–Kier alpha value is -3.36. The van der Waals surface area contributed by atoms with Gasteiger partial charge in [-0.2, -0.15) is 0 Å². The number of rotatable bonds is 7. The number of amides is 1. The minimum Gasteiger partial charge on any atom is -0.463 e. The smallest absolute Gasteiger partial charge is 0.303 e. The number of benzene rings is 1. The maximum Gasteiger partial charge on any atom is 0.303 e. The lowest BCUT2D eigenvalue weighted by Crippen LogP contribution is -2.66. The molecule has 3 rings (SSSR count). The molecule has 1 aromatic carbocycles. The Morgan fingerprint density at radius 1 is 0.974 bits per heavy atom. The zero-order valence-electron chi connectivity index (χ0n) is 20.7. The first kappa shape index (κ1) is 29.2. The summed E-state index contributed by atoms with van der Waals surface area (Å²) in [5.74, 6) is -4.39. The first-order valence-electron chi connectivity index (χ1n) is 11.2. The third-order valence-electron chi connectivity index (χ3n) is 5.24. The van der Waals surface area contributed by atoms with Crippen molar-refractivity contribution in [2.75, 3.05) is 6.61 Å². The fourth-order valence-electron chi connectivity index (χ4n) is 3.85. The number of hydrogen-bond acceptors (Lipinski definition) is 12. The number of halogens is 1. The van der Waals surface area contributed by atoms with E-state index in [2.05, 4.69) is 0 Å². The lowest BCUT2D eigenvalue weighted by molar-refractivity contribution is -0.268. The molecule has 0 aromatic heterocycles. The Balaban J connectivity index is 2.06. The highest BCUT2D eigenvalue weighted by molar-refractivity contribution is 8.26. The van der Waals surface area contributed by atoms with Crippen molar-refractivity contribution < 1.29 is 52.0 Å². The van der Waals surface area contributed by atoms with Crippen molar-refractivity contribution in [3.8, 4) is 0 Å². The quantitative estimate of drug-likeness (QED) is 0.206. The van der Waals surface area contributed by atoms with E-state index in [9.17, 15) is 28.4 Å². The molecule has 0 bridgehead atoms. The molecule has 0 radical (unpaired) electrons. The Morgan fingerprint density at radius 2 is 1.55 bits per heavy atom. The van der Waals surface area contributed by atoms with Crippen LogP contribution in [0.25, 0.3) is 6.08 Å². The summed E-state index contributed by atoms with van der Waals surface area (Å²) >= 11 is 6.25. The Labute approximate surface area is 226 Å². The summed E-state index contributed by atoms with van der Waals surface area (Å²) in [6.45, 7) is 3.93. The molecule has 2 aliphatic heterocycles. The van der Waals surface area contributed by atoms with Crippen molar-refractivity contribution in [3.05, 3.63) is 40.6 Å². The monoisotopic (exact) mass is 569 g/mol. The zero-order chi connectivity index (χ0) is 28.1. The van der Waals surface area contributed by atoms with E-state index in [-0.39, 0.29) is 14.8 Å². The zero-order valence-corrected chi connectivity index (χ0v) is 22.3. The molecule has 0 saturated carbocycles. The molecule has 1 amide bonds. The average Bonchev–Trinajstić information content (AvgIpc) is 3.08. The van der Waals surface area contributed by atoms with Gasteiger partial charge >= 0.3 is 23.9 Å². The molecule has 14 heteroatoms. The predicted molar refractivity (Wildman–Crippen MR) is 133 cm³/mol. The summed E-state index contributed by atoms with van der Waals surface area (Å²) in [7, 11) is 0. The predicted octanol–water partition coefficient (Wildman–Crippen LogP) is 2.11. The Kier molecular flexibility index (Phi) is 9.57. The van der Waals surface area contributed by atoms with Gasteiger partial charge in [0.2, 0.25) is 0 Å². The highest BCUT2D eigenvalue weighted by Gasteiger charge is 2.56. The van der Waals surface area contributed by atoms with Crippen LogP contribution in [0.2, 0.25) is 0 Å². The maximum absolute atomic E-state index is 14.2. The number of nitrogens with zero attached hydrogens (tertiary/aromatic N) is 1. The minimum absolute atomic E-state index is 0.0292. The van der Waals surface area contributed by atoms with Crippen molar-refractivity contribution in [1.82, 2.24) is 4.90 Å². The second-order valence-corrected chi connectivity index (χ2v) is 9.84. The van der Waals surface area contributed by atoms with E-state index >= 15 is 0 Å². The van der Waals surface area contributed by atoms with Crippen LogP contribution in [-0.4, -0.2) is 76.3 Å². The van der Waals surface area contributed by atoms with Crippen LogP contribution in [0, 0.1) is 5.82 Å². The van der Waals surface area contributed by atoms with E-state index in [1.807, 2.05) is 0 Å². The van der Waals surface area contributed by atoms with Crippen molar-refractivity contribution in [3.63, 3.8) is 0 Å². The first-order valence-corrected chi connectivity index (χ1v) is 12.4. The van der Waals surface area contributed by atoms with Crippen LogP contribution in [-0.2, 0) is 47.7 Å². The van der Waals surface area contributed by atoms with Crippen LogP contribution >= 0.6 is 24.0 Å². The SMILES string of the molecule is CC(=O)OC[C@H]1O[C@@H](N2C(=O)/C(=C\c3ccccc3F)SC2=S)[C@@H](OC(C)=O)[C@@H](OC(C)=O)[C@H]1OC(C)=O. The molecular weight excluding hydrogens is 545 g/mol. The van der Waals surface area contributed by atoms with Gasteiger partial charge in [0.05, 0.1) is 4.91 Å². The lowest BCUT2D eigenvalue weighted by Gasteiger charge is -2.46. The minimum atomic E-state index is -1.51. The molecule has 2 fully saturated rings. The maximum atomic E-state index is 14.2. The highest BCUT2D eigenvalue weighted by atomic mass is 32.2. The Bertz CT molecular complexity index is 1190. The van der Waals surface area contributed by atoms with Gasteiger partial charge in [0, 0.05) is 33.3 Å². The van der Waals surface area contributed by atoms with Crippen LogP contribution in [0.4, 0.5) is 4.39 Å². The van der Waals surface area contributed by atoms with Crippen molar-refractivity contribution in [1.29, 1.82) is 0 Å². The average molecular weight is 570 g/mol. The van der Waals surface area contributed by atoms with Gasteiger partial charge < -0.3 is 23.7 Å². The van der Waals surface area contributed by atoms with Crippen LogP contribution in [0.5, 0.6) is 0 Å². The molecule has 2 saturated heterocycles. The number of ether oxygens (including phenoxy) is 5. The summed E-state index contributed by atoms with van der Waals surface area (Å²) in [5, 5.41) is 0. The molecule has 0 unspecified atom stereocenters. The summed E-state index contributed by atoms with van der Waals surface area (Å²) in [5.41, 5.74) is 0.134. The summed E-state index contributed by atoms with van der Waals surface area (Å²) < 4.78 is 41.3. The topological polar surface area (TPSA) is 135 Å². The number of hydrogen-bond donors (Lipinski definition) is 0. The molecule has 5 atom stereocenters. The van der Waals surface area contributed by atoms with Gasteiger partial charge in [-0.3, -0.25) is 28.9 Å². The first-order chi connectivity index (χ1) is 17.9. The molecule has 2 heterocycles. The molecule has 204 valence electrons. The summed E-state index contributed by atoms with van der Waals surface area (Å²) in [6, 6.07) is 5.78. The van der Waals surface area contributed by atoms with E-state index in [0.717, 1.165) is 44.4 Å². The van der Waals surface area contributed by atoms with E-state index in [1.54, 1.807) is 6.07 Å². The van der Waals surface area contributed by atoms with Crippen molar-refractivity contribution in [2.45, 2.75) is 58.3 Å². The standard InChI is InChI=1S/C24H24FNO10S2/c1-11(27)32-10-17-19(33-12(2)28)20(34-13(3)29)21(35-14(4)30)23(36-17)26-22(31)18(38-24(26)37)9-15-7-5-6-8-16(15)25/h5-9,17,19-21,23H,10H2,1-4H3/b18-9+/t17-,19+,20+,21+,23-/m1/s1. The molecule has 0 aliphatic carbocycles. The number of thioether (sulfide) groups is 1. The van der Waals surface area contributed by atoms with Crippen molar-refractivity contribution >= 4 is 64.2 Å². The molecular formula is C24H24FNO10S2. The van der Waals surface area contributed by atoms with Gasteiger partial charge in [-0.15, -0.1) is 0 Å². The van der Waals surface area contributed by atoms with Crippen molar-refractivity contribution in [2.24, 2.45) is 0 Å². The van der Waals surface area contributed by atoms with Gasteiger partial charge in [0.1, 0.15) is 18.5 Å². The fourth-order valence-corrected chi connectivity index (χ4v) is 5.15. The summed E-state index contributed by atoms with van der Waals surface area (Å²) in [4.78, 5) is 61.9. The highest BCUT2D eigenvalue weighted by Crippen LogP contribution is 2.39. The summed E-state index contributed by atoms with van der Waals surface area (Å²) in [6.07, 6.45) is -5.81. The van der Waals surface area contributed by atoms with E-state index < -0.39 is 72.9 Å². The third kappa shape index (κ3) is 6.94. The van der Waals surface area contributed by atoms with Gasteiger partial charge in [0.25, 0.3) is 5.91 Å². The van der Waals surface area contributed by atoms with Crippen LogP contribution in [0.3, 0.4) is 0 Å². The van der Waals surface area contributed by atoms with Crippen LogP contribution in [0.15, 0.2) is 29.2 Å². The third-order valence-corrected chi connectivity index (χ3v) is 6.57. The second kappa shape index (κ2) is 12.5. The normalized spacial score (nSPS) is 26.2. The molecule has 38 heavy (non-hydrogen) atoms.